The first-order chi connectivity index (χ1) is 4.81. The highest BCUT2D eigenvalue weighted by atomic mass is 79.9. The minimum atomic E-state index is 1.08. The predicted molar refractivity (Wildman–Crippen MR) is 53.4 cm³/mol. The van der Waals surface area contributed by atoms with Crippen LogP contribution < -0.4 is 0 Å². The maximum Gasteiger partial charge on any atom is 0.0132 e. The van der Waals surface area contributed by atoms with E-state index in [1.54, 1.807) is 6.08 Å². The summed E-state index contributed by atoms with van der Waals surface area (Å²) in [4.78, 5) is 0. The molecule has 1 heteroatoms. The lowest BCUT2D eigenvalue weighted by Crippen LogP contribution is -1.55. The van der Waals surface area contributed by atoms with E-state index in [4.69, 9.17) is 0 Å². The molecule has 0 saturated carbocycles. The van der Waals surface area contributed by atoms with E-state index in [1.165, 1.54) is 0 Å². The average molecular weight is 203 g/mol. The van der Waals surface area contributed by atoms with Crippen LogP contribution in [0.25, 0.3) is 0 Å². The molecule has 0 aliphatic rings. The molecule has 0 amide bonds. The van der Waals surface area contributed by atoms with E-state index in [0.29, 0.717) is 0 Å². The first kappa shape index (κ1) is 12.4. The van der Waals surface area contributed by atoms with E-state index in [0.717, 1.165) is 4.48 Å². The summed E-state index contributed by atoms with van der Waals surface area (Å²) in [6.07, 6.45) is 7.53. The molecule has 0 rings (SSSR count). The molecule has 0 atom stereocenters. The third kappa shape index (κ3) is 10.6. The van der Waals surface area contributed by atoms with Crippen LogP contribution in [-0.2, 0) is 0 Å². The van der Waals surface area contributed by atoms with E-state index >= 15 is 0 Å². The van der Waals surface area contributed by atoms with Gasteiger partial charge in [-0.2, -0.15) is 0 Å². The fraction of sp³-hybridized carbons (Fsp3) is 0.333. The highest BCUT2D eigenvalue weighted by Gasteiger charge is 1.73. The Labute approximate surface area is 72.5 Å². The molecule has 0 aliphatic heterocycles. The second-order valence-electron chi connectivity index (χ2n) is 1.27. The first-order valence-electron chi connectivity index (χ1n) is 3.42. The Morgan fingerprint density at radius 1 is 1.40 bits per heavy atom. The summed E-state index contributed by atoms with van der Waals surface area (Å²) in [5, 5.41) is 0. The molecule has 58 valence electrons. The molecule has 0 fully saturated rings. The minimum absolute atomic E-state index is 1.08. The summed E-state index contributed by atoms with van der Waals surface area (Å²) in [6.45, 7) is 9.50. The zero-order chi connectivity index (χ0) is 8.41. The second kappa shape index (κ2) is 11.5. The van der Waals surface area contributed by atoms with Crippen LogP contribution in [-0.4, -0.2) is 0 Å². The summed E-state index contributed by atoms with van der Waals surface area (Å²) >= 11 is 3.30. The molecule has 0 aromatic carbocycles. The van der Waals surface area contributed by atoms with Crippen LogP contribution in [0.2, 0.25) is 0 Å². The third-order valence-corrected chi connectivity index (χ3v) is 1.39. The van der Waals surface area contributed by atoms with Gasteiger partial charge in [-0.05, 0) is 13.0 Å². The van der Waals surface area contributed by atoms with E-state index < -0.39 is 0 Å². The molecule has 0 aliphatic carbocycles. The Morgan fingerprint density at radius 2 is 1.90 bits per heavy atom. The summed E-state index contributed by atoms with van der Waals surface area (Å²) in [5.74, 6) is 0. The average Bonchev–Trinajstić information content (AvgIpc) is 2.04. The van der Waals surface area contributed by atoms with Gasteiger partial charge in [0.1, 0.15) is 0 Å². The van der Waals surface area contributed by atoms with Crippen molar-refractivity contribution in [1.82, 2.24) is 0 Å². The van der Waals surface area contributed by atoms with Crippen LogP contribution in [0, 0.1) is 0 Å². The summed E-state index contributed by atoms with van der Waals surface area (Å²) < 4.78 is 1.08. The Bertz CT molecular complexity index is 121. The number of hydrogen-bond donors (Lipinski definition) is 0. The molecule has 0 N–H and O–H groups in total. The summed E-state index contributed by atoms with van der Waals surface area (Å²) in [5.41, 5.74) is 0. The molecule has 0 saturated heterocycles. The standard InChI is InChI=1S/C7H9Br.C2H6/c1-3-5-6-7(8)4-2;1-2/h3-6H,1H2,2H3;1-2H3/b6-5-,7-4+;. The lowest BCUT2D eigenvalue weighted by molar-refractivity contribution is 1.50. The van der Waals surface area contributed by atoms with Gasteiger partial charge >= 0.3 is 0 Å². The van der Waals surface area contributed by atoms with E-state index in [-0.39, 0.29) is 0 Å². The van der Waals surface area contributed by atoms with Crippen molar-refractivity contribution in [2.75, 3.05) is 0 Å². The van der Waals surface area contributed by atoms with Crippen molar-refractivity contribution in [3.63, 3.8) is 0 Å². The molecule has 0 unspecified atom stereocenters. The largest absolute Gasteiger partial charge is 0.0991 e. The van der Waals surface area contributed by atoms with Gasteiger partial charge in [0.2, 0.25) is 0 Å². The number of rotatable bonds is 2. The zero-order valence-corrected chi connectivity index (χ0v) is 8.48. The summed E-state index contributed by atoms with van der Waals surface area (Å²) in [6, 6.07) is 0. The molecule has 0 radical (unpaired) electrons. The highest BCUT2D eigenvalue weighted by molar-refractivity contribution is 9.11. The predicted octanol–water partition coefficient (Wildman–Crippen LogP) is 4.05. The fourth-order valence-corrected chi connectivity index (χ4v) is 0.409. The highest BCUT2D eigenvalue weighted by Crippen LogP contribution is 2.04. The van der Waals surface area contributed by atoms with Gasteiger partial charge in [-0.25, -0.2) is 0 Å². The van der Waals surface area contributed by atoms with E-state index in [9.17, 15) is 0 Å². The van der Waals surface area contributed by atoms with Crippen LogP contribution in [0.3, 0.4) is 0 Å². The molecular formula is C9H15Br. The maximum absolute atomic E-state index is 3.53. The van der Waals surface area contributed by atoms with Gasteiger partial charge in [-0.15, -0.1) is 0 Å². The lowest BCUT2D eigenvalue weighted by atomic mass is 10.4. The van der Waals surface area contributed by atoms with Crippen molar-refractivity contribution < 1.29 is 0 Å². The number of halogens is 1. The molecule has 10 heavy (non-hydrogen) atoms. The Morgan fingerprint density at radius 3 is 2.20 bits per heavy atom. The minimum Gasteiger partial charge on any atom is -0.0991 e. The molecule has 0 heterocycles. The van der Waals surface area contributed by atoms with Gasteiger partial charge in [0.15, 0.2) is 0 Å². The summed E-state index contributed by atoms with van der Waals surface area (Å²) in [7, 11) is 0. The van der Waals surface area contributed by atoms with Crippen LogP contribution in [0.1, 0.15) is 20.8 Å². The van der Waals surface area contributed by atoms with Crippen molar-refractivity contribution in [2.45, 2.75) is 20.8 Å². The molecule has 0 nitrogen and oxygen atoms in total. The maximum atomic E-state index is 3.53. The van der Waals surface area contributed by atoms with Gasteiger partial charge in [-0.3, -0.25) is 0 Å². The molecular weight excluding hydrogens is 188 g/mol. The van der Waals surface area contributed by atoms with Crippen LogP contribution in [0.15, 0.2) is 35.4 Å². The first-order valence-corrected chi connectivity index (χ1v) is 4.21. The third-order valence-electron chi connectivity index (χ3n) is 0.667. The van der Waals surface area contributed by atoms with Crippen LogP contribution >= 0.6 is 15.9 Å². The Hall–Kier alpha value is -0.300. The van der Waals surface area contributed by atoms with Crippen molar-refractivity contribution in [3.8, 4) is 0 Å². The Kier molecular flexibility index (Phi) is 14.2. The van der Waals surface area contributed by atoms with Crippen molar-refractivity contribution >= 4 is 15.9 Å². The monoisotopic (exact) mass is 202 g/mol. The Balaban J connectivity index is 0. The second-order valence-corrected chi connectivity index (χ2v) is 2.18. The number of allylic oxidation sites excluding steroid dienone is 5. The van der Waals surface area contributed by atoms with Crippen molar-refractivity contribution in [1.29, 1.82) is 0 Å². The quantitative estimate of drug-likeness (QED) is 0.594. The van der Waals surface area contributed by atoms with Gasteiger partial charge in [0.05, 0.1) is 0 Å². The normalized spacial score (nSPS) is 10.6. The van der Waals surface area contributed by atoms with Crippen LogP contribution in [0.5, 0.6) is 0 Å². The molecule has 0 aromatic rings. The van der Waals surface area contributed by atoms with Crippen LogP contribution in [0.4, 0.5) is 0 Å². The van der Waals surface area contributed by atoms with Crippen molar-refractivity contribution in [3.05, 3.63) is 35.4 Å². The smallest absolute Gasteiger partial charge is 0.0132 e. The molecule has 0 spiro atoms. The lowest BCUT2D eigenvalue weighted by Gasteiger charge is -1.79. The van der Waals surface area contributed by atoms with E-state index in [1.807, 2.05) is 39.0 Å². The number of hydrogen-bond acceptors (Lipinski definition) is 0. The van der Waals surface area contributed by atoms with E-state index in [2.05, 4.69) is 22.5 Å². The fourth-order valence-electron chi connectivity index (χ4n) is 0.256. The van der Waals surface area contributed by atoms with Gasteiger partial charge in [-0.1, -0.05) is 54.6 Å². The van der Waals surface area contributed by atoms with Crippen molar-refractivity contribution in [2.24, 2.45) is 0 Å². The van der Waals surface area contributed by atoms with Gasteiger partial charge in [0, 0.05) is 4.48 Å². The SMILES string of the molecule is C=C/C=C\C(Br)=C/C.CC. The molecule has 0 aromatic heterocycles. The van der Waals surface area contributed by atoms with Gasteiger partial charge < -0.3 is 0 Å². The zero-order valence-electron chi connectivity index (χ0n) is 6.89. The van der Waals surface area contributed by atoms with Gasteiger partial charge in [0.25, 0.3) is 0 Å². The topological polar surface area (TPSA) is 0 Å². The molecule has 0 bridgehead atoms.